The lowest BCUT2D eigenvalue weighted by molar-refractivity contribution is 0.0777. The van der Waals surface area contributed by atoms with Gasteiger partial charge in [-0.05, 0) is 42.3 Å². The third kappa shape index (κ3) is 4.89. The summed E-state index contributed by atoms with van der Waals surface area (Å²) in [5, 5.41) is 0. The molecule has 0 unspecified atom stereocenters. The molecule has 5 heteroatoms. The standard InChI is InChI=1S/C27H30N4O/c1-4-21-13-15-23(16-14-21)18-29(2)20-24-26(28-25-12-8-9-17-31(24)25)27(32)30(3)19-22-10-6-5-7-11-22/h5-17H,4,18-20H2,1-3H3. The first-order valence-electron chi connectivity index (χ1n) is 11.1. The minimum absolute atomic E-state index is 0.0618. The Kier molecular flexibility index (Phi) is 6.66. The van der Waals surface area contributed by atoms with Crippen molar-refractivity contribution < 1.29 is 4.79 Å². The Hall–Kier alpha value is -3.44. The van der Waals surface area contributed by atoms with Gasteiger partial charge in [-0.15, -0.1) is 0 Å². The number of aromatic nitrogens is 2. The van der Waals surface area contributed by atoms with Crippen LogP contribution in [0.25, 0.3) is 5.65 Å². The maximum atomic E-state index is 13.4. The summed E-state index contributed by atoms with van der Waals surface area (Å²) >= 11 is 0. The lowest BCUT2D eigenvalue weighted by atomic mass is 10.1. The van der Waals surface area contributed by atoms with Crippen LogP contribution in [0.5, 0.6) is 0 Å². The molecule has 0 fully saturated rings. The summed E-state index contributed by atoms with van der Waals surface area (Å²) in [6.45, 7) is 4.14. The molecular formula is C27H30N4O. The molecule has 2 aromatic carbocycles. The average Bonchev–Trinajstić information content (AvgIpc) is 3.18. The number of nitrogens with zero attached hydrogens (tertiary/aromatic N) is 4. The first-order valence-corrected chi connectivity index (χ1v) is 11.1. The first kappa shape index (κ1) is 21.8. The maximum absolute atomic E-state index is 13.4. The smallest absolute Gasteiger partial charge is 0.274 e. The van der Waals surface area contributed by atoms with Gasteiger partial charge in [-0.1, -0.05) is 67.6 Å². The molecule has 0 radical (unpaired) electrons. The van der Waals surface area contributed by atoms with E-state index in [2.05, 4.69) is 43.1 Å². The van der Waals surface area contributed by atoms with Crippen LogP contribution in [0.1, 0.15) is 39.8 Å². The summed E-state index contributed by atoms with van der Waals surface area (Å²) < 4.78 is 2.03. The number of aryl methyl sites for hydroxylation is 1. The minimum Gasteiger partial charge on any atom is -0.336 e. The summed E-state index contributed by atoms with van der Waals surface area (Å²) in [6.07, 6.45) is 3.02. The molecule has 164 valence electrons. The molecule has 2 aromatic heterocycles. The number of carbonyl (C=O) groups is 1. The van der Waals surface area contributed by atoms with Crippen LogP contribution in [0.2, 0.25) is 0 Å². The molecule has 1 amide bonds. The van der Waals surface area contributed by atoms with Gasteiger partial charge in [-0.25, -0.2) is 4.98 Å². The predicted molar refractivity (Wildman–Crippen MR) is 128 cm³/mol. The molecule has 0 aliphatic heterocycles. The van der Waals surface area contributed by atoms with Gasteiger partial charge < -0.3 is 9.30 Å². The third-order valence-electron chi connectivity index (χ3n) is 5.74. The van der Waals surface area contributed by atoms with E-state index in [1.165, 1.54) is 11.1 Å². The summed E-state index contributed by atoms with van der Waals surface area (Å²) in [7, 11) is 3.92. The Labute approximate surface area is 189 Å². The van der Waals surface area contributed by atoms with Crippen molar-refractivity contribution in [3.8, 4) is 0 Å². The number of hydrogen-bond donors (Lipinski definition) is 0. The second-order valence-electron chi connectivity index (χ2n) is 8.33. The molecule has 4 rings (SSSR count). The largest absolute Gasteiger partial charge is 0.336 e. The summed E-state index contributed by atoms with van der Waals surface area (Å²) in [4.78, 5) is 22.1. The normalized spacial score (nSPS) is 11.2. The van der Waals surface area contributed by atoms with Crippen LogP contribution >= 0.6 is 0 Å². The average molecular weight is 427 g/mol. The Morgan fingerprint density at radius 3 is 2.19 bits per heavy atom. The maximum Gasteiger partial charge on any atom is 0.274 e. The highest BCUT2D eigenvalue weighted by atomic mass is 16.2. The quantitative estimate of drug-likeness (QED) is 0.406. The molecule has 0 atom stereocenters. The Balaban J connectivity index is 1.57. The molecule has 0 saturated heterocycles. The van der Waals surface area contributed by atoms with Gasteiger partial charge >= 0.3 is 0 Å². The van der Waals surface area contributed by atoms with Gasteiger partial charge in [0.2, 0.25) is 0 Å². The van der Waals surface area contributed by atoms with Crippen LogP contribution in [0.15, 0.2) is 79.0 Å². The number of benzene rings is 2. The monoisotopic (exact) mass is 426 g/mol. The molecule has 0 bridgehead atoms. The van der Waals surface area contributed by atoms with Crippen molar-refractivity contribution in [1.82, 2.24) is 19.2 Å². The number of amides is 1. The Morgan fingerprint density at radius 2 is 1.47 bits per heavy atom. The molecular weight excluding hydrogens is 396 g/mol. The van der Waals surface area contributed by atoms with Gasteiger partial charge in [0, 0.05) is 32.9 Å². The Bertz CT molecular complexity index is 1180. The zero-order valence-electron chi connectivity index (χ0n) is 19.0. The topological polar surface area (TPSA) is 40.9 Å². The lowest BCUT2D eigenvalue weighted by Crippen LogP contribution is -2.28. The molecule has 4 aromatic rings. The number of pyridine rings is 1. The molecule has 32 heavy (non-hydrogen) atoms. The fourth-order valence-electron chi connectivity index (χ4n) is 3.98. The predicted octanol–water partition coefficient (Wildman–Crippen LogP) is 4.80. The van der Waals surface area contributed by atoms with E-state index < -0.39 is 0 Å². The lowest BCUT2D eigenvalue weighted by Gasteiger charge is -2.20. The molecule has 0 aliphatic rings. The Morgan fingerprint density at radius 1 is 0.812 bits per heavy atom. The van der Waals surface area contributed by atoms with Gasteiger partial charge in [0.05, 0.1) is 5.69 Å². The van der Waals surface area contributed by atoms with Crippen molar-refractivity contribution in [1.29, 1.82) is 0 Å². The van der Waals surface area contributed by atoms with E-state index in [0.717, 1.165) is 29.9 Å². The zero-order chi connectivity index (χ0) is 22.5. The molecule has 2 heterocycles. The van der Waals surface area contributed by atoms with Gasteiger partial charge in [0.1, 0.15) is 5.65 Å². The number of imidazole rings is 1. The third-order valence-corrected chi connectivity index (χ3v) is 5.74. The number of fused-ring (bicyclic) bond motifs is 1. The van der Waals surface area contributed by atoms with Crippen LogP contribution in [0.4, 0.5) is 0 Å². The molecule has 0 spiro atoms. The van der Waals surface area contributed by atoms with E-state index >= 15 is 0 Å². The number of carbonyl (C=O) groups excluding carboxylic acids is 1. The van der Waals surface area contributed by atoms with Crippen molar-refractivity contribution in [3.05, 3.63) is 107 Å². The molecule has 0 N–H and O–H groups in total. The zero-order valence-corrected chi connectivity index (χ0v) is 19.0. The van der Waals surface area contributed by atoms with E-state index in [4.69, 9.17) is 4.98 Å². The van der Waals surface area contributed by atoms with Crippen LogP contribution in [-0.2, 0) is 26.1 Å². The van der Waals surface area contributed by atoms with E-state index in [1.54, 1.807) is 4.90 Å². The summed E-state index contributed by atoms with van der Waals surface area (Å²) in [6, 6.07) is 24.6. The van der Waals surface area contributed by atoms with Gasteiger partial charge in [-0.2, -0.15) is 0 Å². The van der Waals surface area contributed by atoms with Crippen molar-refractivity contribution >= 4 is 11.6 Å². The van der Waals surface area contributed by atoms with E-state index in [-0.39, 0.29) is 5.91 Å². The highest BCUT2D eigenvalue weighted by Crippen LogP contribution is 2.18. The van der Waals surface area contributed by atoms with Crippen LogP contribution < -0.4 is 0 Å². The van der Waals surface area contributed by atoms with Crippen molar-refractivity contribution in [2.45, 2.75) is 33.0 Å². The molecule has 0 saturated carbocycles. The summed E-state index contributed by atoms with van der Waals surface area (Å²) in [5.41, 5.74) is 5.92. The highest BCUT2D eigenvalue weighted by molar-refractivity contribution is 5.94. The minimum atomic E-state index is -0.0618. The molecule has 0 aliphatic carbocycles. The number of hydrogen-bond acceptors (Lipinski definition) is 3. The van der Waals surface area contributed by atoms with Crippen molar-refractivity contribution in [2.75, 3.05) is 14.1 Å². The SMILES string of the molecule is CCc1ccc(CN(C)Cc2c(C(=O)N(C)Cc3ccccc3)nc3ccccn23)cc1. The van der Waals surface area contributed by atoms with Crippen molar-refractivity contribution in [2.24, 2.45) is 0 Å². The second kappa shape index (κ2) is 9.79. The van der Waals surface area contributed by atoms with E-state index in [9.17, 15) is 4.79 Å². The van der Waals surface area contributed by atoms with E-state index in [1.807, 2.05) is 66.2 Å². The van der Waals surface area contributed by atoms with Crippen LogP contribution in [0.3, 0.4) is 0 Å². The summed E-state index contributed by atoms with van der Waals surface area (Å²) in [5.74, 6) is -0.0618. The van der Waals surface area contributed by atoms with Crippen LogP contribution in [-0.4, -0.2) is 39.2 Å². The van der Waals surface area contributed by atoms with Gasteiger partial charge in [0.25, 0.3) is 5.91 Å². The van der Waals surface area contributed by atoms with Gasteiger partial charge in [-0.3, -0.25) is 9.69 Å². The van der Waals surface area contributed by atoms with Crippen LogP contribution in [0, 0.1) is 0 Å². The fourth-order valence-corrected chi connectivity index (χ4v) is 3.98. The number of rotatable bonds is 8. The fraction of sp³-hybridized carbons (Fsp3) is 0.259. The van der Waals surface area contributed by atoms with Crippen molar-refractivity contribution in [3.63, 3.8) is 0 Å². The van der Waals surface area contributed by atoms with E-state index in [0.29, 0.717) is 18.8 Å². The second-order valence-corrected chi connectivity index (χ2v) is 8.33. The highest BCUT2D eigenvalue weighted by Gasteiger charge is 2.23. The van der Waals surface area contributed by atoms with Gasteiger partial charge in [0.15, 0.2) is 5.69 Å². The first-order chi connectivity index (χ1) is 15.5. The molecule has 5 nitrogen and oxygen atoms in total.